The third-order valence-corrected chi connectivity index (χ3v) is 1.65. The highest BCUT2D eigenvalue weighted by Crippen LogP contribution is 2.13. The van der Waals surface area contributed by atoms with Crippen molar-refractivity contribution in [2.24, 2.45) is 0 Å². The van der Waals surface area contributed by atoms with Gasteiger partial charge in [-0.25, -0.2) is 0 Å². The lowest BCUT2D eigenvalue weighted by molar-refractivity contribution is 1.54. The number of halogens is 1. The molecule has 0 unspecified atom stereocenters. The van der Waals surface area contributed by atoms with Crippen molar-refractivity contribution in [3.63, 3.8) is 0 Å². The van der Waals surface area contributed by atoms with Crippen LogP contribution in [-0.2, 0) is 0 Å². The summed E-state index contributed by atoms with van der Waals surface area (Å²) in [5, 5.41) is 11.8. The maximum atomic E-state index is 8.37. The van der Waals surface area contributed by atoms with Gasteiger partial charge in [0.25, 0.3) is 0 Å². The maximum absolute atomic E-state index is 8.37. The number of anilines is 1. The number of nitriles is 1. The molecule has 0 aromatic heterocycles. The summed E-state index contributed by atoms with van der Waals surface area (Å²) < 4.78 is 0. The third kappa shape index (κ3) is 2.50. The number of nitrogens with one attached hydrogen (secondary N) is 1. The molecule has 1 rings (SSSR count). The summed E-state index contributed by atoms with van der Waals surface area (Å²) >= 11 is 10.3. The highest BCUT2D eigenvalue weighted by Gasteiger charge is 1.94. The van der Waals surface area contributed by atoms with E-state index >= 15 is 0 Å². The van der Waals surface area contributed by atoms with Gasteiger partial charge in [-0.15, -0.1) is 0 Å². The van der Waals surface area contributed by atoms with Gasteiger partial charge >= 0.3 is 0 Å². The van der Waals surface area contributed by atoms with E-state index in [-0.39, 0.29) is 4.99 Å². The molecule has 0 heterocycles. The Labute approximate surface area is 80.8 Å². The van der Waals surface area contributed by atoms with Gasteiger partial charge < -0.3 is 5.32 Å². The van der Waals surface area contributed by atoms with E-state index in [1.807, 2.05) is 6.07 Å². The summed E-state index contributed by atoms with van der Waals surface area (Å²) in [6.07, 6.45) is 0. The number of hydrogen-bond acceptors (Lipinski definition) is 2. The zero-order valence-electron chi connectivity index (χ0n) is 6.04. The van der Waals surface area contributed by atoms with E-state index in [2.05, 4.69) is 17.5 Å². The van der Waals surface area contributed by atoms with Gasteiger partial charge in [-0.3, -0.25) is 0 Å². The lowest BCUT2D eigenvalue weighted by Gasteiger charge is -2.00. The quantitative estimate of drug-likeness (QED) is 0.702. The molecular formula is C8H5ClN2S. The molecule has 4 heteroatoms. The number of benzene rings is 1. The van der Waals surface area contributed by atoms with E-state index < -0.39 is 0 Å². The first-order valence-corrected chi connectivity index (χ1v) is 3.97. The zero-order chi connectivity index (χ0) is 8.97. The van der Waals surface area contributed by atoms with Crippen molar-refractivity contribution in [3.8, 4) is 6.07 Å². The van der Waals surface area contributed by atoms with Crippen molar-refractivity contribution in [1.82, 2.24) is 0 Å². The summed E-state index contributed by atoms with van der Waals surface area (Å²) in [7, 11) is 0. The molecule has 1 aromatic rings. The molecule has 2 nitrogen and oxygen atoms in total. The number of nitrogens with zero attached hydrogens (tertiary/aromatic N) is 1. The Bertz CT molecular complexity index is 326. The first-order chi connectivity index (χ1) is 5.72. The first-order valence-electron chi connectivity index (χ1n) is 3.19. The molecule has 0 saturated carbocycles. The van der Waals surface area contributed by atoms with Gasteiger partial charge in [-0.1, -0.05) is 11.6 Å². The molecule has 0 amide bonds. The van der Waals surface area contributed by atoms with Crippen molar-refractivity contribution in [3.05, 3.63) is 29.3 Å². The molecule has 0 bridgehead atoms. The molecule has 0 radical (unpaired) electrons. The Hall–Kier alpha value is -1.11. The lowest BCUT2D eigenvalue weighted by Crippen LogP contribution is -2.04. The van der Waals surface area contributed by atoms with Crippen LogP contribution in [0.25, 0.3) is 0 Å². The molecule has 1 N–H and O–H groups in total. The normalized spacial score (nSPS) is 8.67. The van der Waals surface area contributed by atoms with E-state index in [9.17, 15) is 0 Å². The second-order valence-electron chi connectivity index (χ2n) is 2.07. The molecule has 0 fully saturated rings. The predicted octanol–water partition coefficient (Wildman–Crippen LogP) is 2.60. The van der Waals surface area contributed by atoms with Crippen LogP contribution in [0, 0.1) is 11.3 Å². The minimum atomic E-state index is 0.150. The fourth-order valence-electron chi connectivity index (χ4n) is 0.692. The van der Waals surface area contributed by atoms with Crippen molar-refractivity contribution in [2.75, 3.05) is 5.32 Å². The van der Waals surface area contributed by atoms with Gasteiger partial charge in [0, 0.05) is 10.7 Å². The van der Waals surface area contributed by atoms with E-state index in [1.165, 1.54) is 0 Å². The summed E-state index contributed by atoms with van der Waals surface area (Å²) in [4.78, 5) is 0.150. The van der Waals surface area contributed by atoms with Crippen LogP contribution in [0.5, 0.6) is 0 Å². The van der Waals surface area contributed by atoms with Crippen molar-refractivity contribution in [1.29, 1.82) is 5.26 Å². The van der Waals surface area contributed by atoms with Crippen LogP contribution in [0.1, 0.15) is 0 Å². The van der Waals surface area contributed by atoms with Crippen molar-refractivity contribution >= 4 is 34.5 Å². The molecule has 12 heavy (non-hydrogen) atoms. The molecule has 0 aliphatic heterocycles. The van der Waals surface area contributed by atoms with Crippen LogP contribution in [0.4, 0.5) is 5.69 Å². The highest BCUT2D eigenvalue weighted by atomic mass is 35.5. The third-order valence-electron chi connectivity index (χ3n) is 1.20. The van der Waals surface area contributed by atoms with E-state index in [0.29, 0.717) is 5.02 Å². The minimum Gasteiger partial charge on any atom is -0.338 e. The Morgan fingerprint density at radius 1 is 1.42 bits per heavy atom. The van der Waals surface area contributed by atoms with Gasteiger partial charge in [0.1, 0.15) is 6.07 Å². The second-order valence-corrected chi connectivity index (χ2v) is 2.92. The van der Waals surface area contributed by atoms with Crippen LogP contribution < -0.4 is 5.32 Å². The van der Waals surface area contributed by atoms with Gasteiger partial charge in [0.2, 0.25) is 0 Å². The van der Waals surface area contributed by atoms with Crippen LogP contribution in [0.15, 0.2) is 24.3 Å². The lowest BCUT2D eigenvalue weighted by atomic mass is 10.3. The molecule has 1 aromatic carbocycles. The molecule has 0 aliphatic rings. The van der Waals surface area contributed by atoms with E-state index in [1.54, 1.807) is 24.3 Å². The zero-order valence-corrected chi connectivity index (χ0v) is 7.62. The summed E-state index contributed by atoms with van der Waals surface area (Å²) in [6.45, 7) is 0. The average molecular weight is 197 g/mol. The SMILES string of the molecule is N#CC(=S)Nc1ccc(Cl)cc1. The Kier molecular flexibility index (Phi) is 3.03. The van der Waals surface area contributed by atoms with Gasteiger partial charge in [0.05, 0.1) is 0 Å². The number of rotatable bonds is 1. The Balaban J connectivity index is 2.73. The molecule has 0 spiro atoms. The smallest absolute Gasteiger partial charge is 0.182 e. The molecular weight excluding hydrogens is 192 g/mol. The number of hydrogen-bond donors (Lipinski definition) is 1. The van der Waals surface area contributed by atoms with Gasteiger partial charge in [-0.05, 0) is 36.5 Å². The maximum Gasteiger partial charge on any atom is 0.182 e. The van der Waals surface area contributed by atoms with Gasteiger partial charge in [0.15, 0.2) is 4.99 Å². The monoisotopic (exact) mass is 196 g/mol. The summed E-state index contributed by atoms with van der Waals surface area (Å²) in [5.74, 6) is 0. The van der Waals surface area contributed by atoms with E-state index in [4.69, 9.17) is 16.9 Å². The summed E-state index contributed by atoms with van der Waals surface area (Å²) in [5.41, 5.74) is 0.769. The van der Waals surface area contributed by atoms with Crippen molar-refractivity contribution < 1.29 is 0 Å². The van der Waals surface area contributed by atoms with Crippen LogP contribution in [0.3, 0.4) is 0 Å². The Morgan fingerprint density at radius 2 is 2.00 bits per heavy atom. The van der Waals surface area contributed by atoms with Crippen molar-refractivity contribution in [2.45, 2.75) is 0 Å². The first kappa shape index (κ1) is 8.98. The predicted molar refractivity (Wildman–Crippen MR) is 53.3 cm³/mol. The van der Waals surface area contributed by atoms with Gasteiger partial charge in [-0.2, -0.15) is 5.26 Å². The minimum absolute atomic E-state index is 0.150. The van der Waals surface area contributed by atoms with E-state index in [0.717, 1.165) is 5.69 Å². The molecule has 0 saturated heterocycles. The topological polar surface area (TPSA) is 35.8 Å². The van der Waals surface area contributed by atoms with Crippen LogP contribution >= 0.6 is 23.8 Å². The molecule has 0 atom stereocenters. The standard InChI is InChI=1S/C8H5ClN2S/c9-6-1-3-7(4-2-6)11-8(12)5-10/h1-4H,(H,11,12). The fourth-order valence-corrected chi connectivity index (χ4v) is 0.936. The summed E-state index contributed by atoms with van der Waals surface area (Å²) in [6, 6.07) is 8.78. The molecule has 60 valence electrons. The largest absolute Gasteiger partial charge is 0.338 e. The molecule has 0 aliphatic carbocycles. The average Bonchev–Trinajstić information content (AvgIpc) is 2.09. The fraction of sp³-hybridized carbons (Fsp3) is 0. The highest BCUT2D eigenvalue weighted by molar-refractivity contribution is 7.81. The second kappa shape index (κ2) is 4.05. The van der Waals surface area contributed by atoms with Crippen LogP contribution in [0.2, 0.25) is 5.02 Å². The van der Waals surface area contributed by atoms with Crippen LogP contribution in [-0.4, -0.2) is 4.99 Å². The number of thiocarbonyl (C=S) groups is 1. The Morgan fingerprint density at radius 3 is 2.50 bits per heavy atom.